The van der Waals surface area contributed by atoms with Crippen LogP contribution in [0.4, 0.5) is 0 Å². The summed E-state index contributed by atoms with van der Waals surface area (Å²) in [5, 5.41) is 0. The molecule has 0 bridgehead atoms. The lowest BCUT2D eigenvalue weighted by atomic mass is 9.94. The van der Waals surface area contributed by atoms with Gasteiger partial charge >= 0.3 is 0 Å². The number of hydrogen-bond donors (Lipinski definition) is 0. The number of unbranched alkanes of at least 4 members (excludes halogenated alkanes) is 22. The van der Waals surface area contributed by atoms with Crippen LogP contribution in [-0.4, -0.2) is 26.4 Å². The summed E-state index contributed by atoms with van der Waals surface area (Å²) in [6.45, 7) is 22.8. The molecule has 3 aromatic carbocycles. The molecule has 0 amide bonds. The molecule has 3 aromatic rings. The summed E-state index contributed by atoms with van der Waals surface area (Å²) in [6.07, 6.45) is 43.4. The third-order valence-corrected chi connectivity index (χ3v) is 14.0. The van der Waals surface area contributed by atoms with Gasteiger partial charge in [0.25, 0.3) is 0 Å². The van der Waals surface area contributed by atoms with Crippen molar-refractivity contribution in [3.63, 3.8) is 0 Å². The number of rotatable bonds is 44. The molecule has 0 saturated heterocycles. The van der Waals surface area contributed by atoms with Crippen LogP contribution in [0, 0.1) is 0 Å². The van der Waals surface area contributed by atoms with Crippen LogP contribution >= 0.6 is 31.9 Å². The van der Waals surface area contributed by atoms with Crippen molar-refractivity contribution in [1.29, 1.82) is 0 Å². The second kappa shape index (κ2) is 38.5. The Labute approximate surface area is 433 Å². The predicted molar refractivity (Wildman–Crippen MR) is 304 cm³/mol. The van der Waals surface area contributed by atoms with E-state index in [-0.39, 0.29) is 0 Å². The van der Waals surface area contributed by atoms with Crippen molar-refractivity contribution in [3.8, 4) is 45.3 Å². The molecule has 0 saturated carbocycles. The van der Waals surface area contributed by atoms with Crippen LogP contribution in [0.25, 0.3) is 22.3 Å². The Hall–Kier alpha value is -3.22. The maximum Gasteiger partial charge on any atom is 0.131 e. The molecule has 0 aliphatic rings. The molecule has 0 aromatic heterocycles. The smallest absolute Gasteiger partial charge is 0.131 e. The monoisotopic (exact) mass is 1060 g/mol. The maximum atomic E-state index is 6.73. The van der Waals surface area contributed by atoms with E-state index in [2.05, 4.69) is 108 Å². The highest BCUT2D eigenvalue weighted by atomic mass is 79.9. The van der Waals surface area contributed by atoms with Crippen molar-refractivity contribution >= 4 is 31.9 Å². The molecule has 6 heteroatoms. The molecule has 0 fully saturated rings. The largest absolute Gasteiger partial charge is 0.493 e. The zero-order chi connectivity index (χ0) is 48.9. The normalized spacial score (nSPS) is 11.1. The highest BCUT2D eigenvalue weighted by Gasteiger charge is 2.24. The quantitative estimate of drug-likeness (QED) is 0.0418. The Kier molecular flexibility index (Phi) is 33.5. The standard InChI is InChI=1S/C62H92Br2O4/c1-7-13-19-21-23-25-27-29-31-33-39-51-45-57(65-41-35-15-9-3)61(58(46-51)66-42-36-16-10-4)53-49-56(64)54(50-55(53)63)62-59(67-43-37-17-11-5)47-52(48-60(62)68-44-38-18-12-6)40-34-32-30-28-26-24-22-20-14-8-2/h9-12,45-50H,3-8,13-44H2,1-2H3. The predicted octanol–water partition coefficient (Wildman–Crippen LogP) is 20.9. The molecule has 0 radical (unpaired) electrons. The van der Waals surface area contributed by atoms with E-state index in [4.69, 9.17) is 18.9 Å². The summed E-state index contributed by atoms with van der Waals surface area (Å²) >= 11 is 8.20. The molecule has 378 valence electrons. The van der Waals surface area contributed by atoms with Gasteiger partial charge in [-0.2, -0.15) is 0 Å². The van der Waals surface area contributed by atoms with E-state index in [1.54, 1.807) is 0 Å². The molecule has 68 heavy (non-hydrogen) atoms. The fraction of sp³-hybridized carbons (Fsp3) is 0.581. The van der Waals surface area contributed by atoms with E-state index in [1.807, 2.05) is 24.3 Å². The molecule has 0 unspecified atom stereocenters. The molecule has 4 nitrogen and oxygen atoms in total. The van der Waals surface area contributed by atoms with Gasteiger partial charge in [-0.3, -0.25) is 0 Å². The van der Waals surface area contributed by atoms with Gasteiger partial charge in [0.15, 0.2) is 0 Å². The van der Waals surface area contributed by atoms with Crippen LogP contribution < -0.4 is 18.9 Å². The summed E-state index contributed by atoms with van der Waals surface area (Å²) in [5.74, 6) is 3.41. The van der Waals surface area contributed by atoms with E-state index < -0.39 is 0 Å². The molecule has 0 aliphatic heterocycles. The lowest BCUT2D eigenvalue weighted by Crippen LogP contribution is -2.05. The van der Waals surface area contributed by atoms with Crippen LogP contribution in [0.15, 0.2) is 96.0 Å². The van der Waals surface area contributed by atoms with Gasteiger partial charge in [-0.15, -0.1) is 26.3 Å². The number of halogens is 2. The summed E-state index contributed by atoms with van der Waals surface area (Å²) in [7, 11) is 0. The van der Waals surface area contributed by atoms with E-state index in [0.29, 0.717) is 26.4 Å². The summed E-state index contributed by atoms with van der Waals surface area (Å²) in [6, 6.07) is 13.5. The van der Waals surface area contributed by atoms with Crippen LogP contribution in [0.1, 0.15) is 205 Å². The minimum absolute atomic E-state index is 0.595. The lowest BCUT2D eigenvalue weighted by molar-refractivity contribution is 0.298. The average molecular weight is 1060 g/mol. The summed E-state index contributed by atoms with van der Waals surface area (Å²) in [5.41, 5.74) is 6.44. The topological polar surface area (TPSA) is 36.9 Å². The highest BCUT2D eigenvalue weighted by molar-refractivity contribution is 9.11. The first-order valence-electron chi connectivity index (χ1n) is 27.2. The first kappa shape index (κ1) is 59.1. The number of hydrogen-bond acceptors (Lipinski definition) is 4. The highest BCUT2D eigenvalue weighted by Crippen LogP contribution is 2.50. The third kappa shape index (κ3) is 23.6. The number of benzene rings is 3. The van der Waals surface area contributed by atoms with Crippen molar-refractivity contribution in [1.82, 2.24) is 0 Å². The average Bonchev–Trinajstić information content (AvgIpc) is 3.34. The number of ether oxygens (including phenoxy) is 4. The van der Waals surface area contributed by atoms with Crippen LogP contribution in [0.5, 0.6) is 23.0 Å². The summed E-state index contributed by atoms with van der Waals surface area (Å²) in [4.78, 5) is 0. The van der Waals surface area contributed by atoms with Crippen molar-refractivity contribution in [3.05, 3.63) is 107 Å². The molecule has 0 spiro atoms. The fourth-order valence-corrected chi connectivity index (χ4v) is 9.85. The minimum Gasteiger partial charge on any atom is -0.493 e. The van der Waals surface area contributed by atoms with E-state index in [1.165, 1.54) is 127 Å². The fourth-order valence-electron chi connectivity index (χ4n) is 8.77. The Morgan fingerprint density at radius 2 is 0.603 bits per heavy atom. The Balaban J connectivity index is 2.04. The molecule has 0 N–H and O–H groups in total. The van der Waals surface area contributed by atoms with Crippen molar-refractivity contribution in [2.75, 3.05) is 26.4 Å². The molecular weight excluding hydrogens is 968 g/mol. The van der Waals surface area contributed by atoms with Crippen molar-refractivity contribution in [2.24, 2.45) is 0 Å². The molecular formula is C62H92Br2O4. The number of allylic oxidation sites excluding steroid dienone is 4. The van der Waals surface area contributed by atoms with Gasteiger partial charge in [0.2, 0.25) is 0 Å². The SMILES string of the molecule is C=CCCCOc1cc(CCCCCCCCCCCC)cc(OCCCC=C)c1-c1cc(Br)c(-c2c(OCCCC=C)cc(CCCCCCCCCCCC)cc2OCCCC=C)cc1Br. The van der Waals surface area contributed by atoms with Crippen molar-refractivity contribution < 1.29 is 18.9 Å². The zero-order valence-electron chi connectivity index (χ0n) is 43.0. The van der Waals surface area contributed by atoms with Crippen molar-refractivity contribution in [2.45, 2.75) is 206 Å². The van der Waals surface area contributed by atoms with Gasteiger partial charge in [0.1, 0.15) is 23.0 Å². The van der Waals surface area contributed by atoms with Crippen LogP contribution in [0.3, 0.4) is 0 Å². The van der Waals surface area contributed by atoms with Gasteiger partial charge in [-0.05, 0) is 125 Å². The minimum atomic E-state index is 0.595. The zero-order valence-corrected chi connectivity index (χ0v) is 46.2. The second-order valence-corrected chi connectivity index (χ2v) is 20.4. The maximum absolute atomic E-state index is 6.73. The second-order valence-electron chi connectivity index (χ2n) is 18.7. The van der Waals surface area contributed by atoms with E-state index in [0.717, 1.165) is 131 Å². The molecule has 0 aliphatic carbocycles. The van der Waals surface area contributed by atoms with Gasteiger partial charge < -0.3 is 18.9 Å². The van der Waals surface area contributed by atoms with Gasteiger partial charge in [-0.25, -0.2) is 0 Å². The first-order valence-corrected chi connectivity index (χ1v) is 28.8. The van der Waals surface area contributed by atoms with Gasteiger partial charge in [-0.1, -0.05) is 186 Å². The Morgan fingerprint density at radius 1 is 0.353 bits per heavy atom. The number of aryl methyl sites for hydroxylation is 2. The molecule has 3 rings (SSSR count). The van der Waals surface area contributed by atoms with Gasteiger partial charge in [0, 0.05) is 20.1 Å². The Morgan fingerprint density at radius 3 is 0.853 bits per heavy atom. The molecule has 0 heterocycles. The van der Waals surface area contributed by atoms with Crippen LogP contribution in [0.2, 0.25) is 0 Å². The van der Waals surface area contributed by atoms with E-state index >= 15 is 0 Å². The first-order chi connectivity index (χ1) is 33.4. The lowest BCUT2D eigenvalue weighted by Gasteiger charge is -2.22. The third-order valence-electron chi connectivity index (χ3n) is 12.7. The van der Waals surface area contributed by atoms with Crippen LogP contribution in [-0.2, 0) is 12.8 Å². The van der Waals surface area contributed by atoms with Gasteiger partial charge in [0.05, 0.1) is 37.6 Å². The van der Waals surface area contributed by atoms with E-state index in [9.17, 15) is 0 Å². The Bertz CT molecular complexity index is 1640. The molecule has 0 atom stereocenters. The summed E-state index contributed by atoms with van der Waals surface area (Å²) < 4.78 is 28.8.